The maximum absolute atomic E-state index is 13.0. The van der Waals surface area contributed by atoms with Gasteiger partial charge in [-0.05, 0) is 38.0 Å². The highest BCUT2D eigenvalue weighted by atomic mass is 35.5. The monoisotopic (exact) mass is 454 g/mol. The van der Waals surface area contributed by atoms with Crippen molar-refractivity contribution in [2.45, 2.75) is 29.6 Å². The van der Waals surface area contributed by atoms with E-state index >= 15 is 0 Å². The van der Waals surface area contributed by atoms with Gasteiger partial charge < -0.3 is 20.1 Å². The molecular weight excluding hydrogens is 432 g/mol. The van der Waals surface area contributed by atoms with Gasteiger partial charge in [0.25, 0.3) is 0 Å². The van der Waals surface area contributed by atoms with E-state index in [9.17, 15) is 13.2 Å². The summed E-state index contributed by atoms with van der Waals surface area (Å²) < 4.78 is 36.1. The van der Waals surface area contributed by atoms with Crippen LogP contribution in [-0.4, -0.2) is 51.2 Å². The van der Waals surface area contributed by atoms with Gasteiger partial charge in [-0.25, -0.2) is 13.4 Å². The van der Waals surface area contributed by atoms with Crippen molar-refractivity contribution >= 4 is 39.2 Å². The fourth-order valence-electron chi connectivity index (χ4n) is 3.29. The molecule has 1 aromatic heterocycles. The molecule has 1 aromatic carbocycles. The van der Waals surface area contributed by atoms with E-state index in [1.807, 2.05) is 4.90 Å². The third kappa shape index (κ3) is 4.44. The summed E-state index contributed by atoms with van der Waals surface area (Å²) in [5, 5.41) is 0.160. The lowest BCUT2D eigenvalue weighted by atomic mass is 9.98. The van der Waals surface area contributed by atoms with Gasteiger partial charge in [-0.3, -0.25) is 4.79 Å². The van der Waals surface area contributed by atoms with Crippen molar-refractivity contribution in [1.82, 2.24) is 9.97 Å². The van der Waals surface area contributed by atoms with Crippen LogP contribution in [0.5, 0.6) is 5.75 Å². The summed E-state index contributed by atoms with van der Waals surface area (Å²) in [5.74, 6) is -0.0889. The topological polar surface area (TPSA) is 125 Å². The van der Waals surface area contributed by atoms with E-state index in [0.717, 1.165) is 12.8 Å². The second-order valence-electron chi connectivity index (χ2n) is 6.76. The minimum absolute atomic E-state index is 0.0447. The van der Waals surface area contributed by atoms with Crippen molar-refractivity contribution in [2.24, 2.45) is 5.92 Å². The van der Waals surface area contributed by atoms with Crippen LogP contribution >= 0.6 is 11.6 Å². The van der Waals surface area contributed by atoms with Crippen LogP contribution in [0.1, 0.15) is 19.8 Å². The molecular formula is C19H23ClN4O5S. The Bertz CT molecular complexity index is 1050. The zero-order chi connectivity index (χ0) is 21.9. The van der Waals surface area contributed by atoms with Gasteiger partial charge in [-0.2, -0.15) is 4.98 Å². The molecule has 0 amide bonds. The zero-order valence-corrected chi connectivity index (χ0v) is 18.2. The quantitative estimate of drug-likeness (QED) is 0.654. The molecule has 0 bridgehead atoms. The van der Waals surface area contributed by atoms with Gasteiger partial charge in [0.15, 0.2) is 0 Å². The lowest BCUT2D eigenvalue weighted by Crippen LogP contribution is -2.40. The molecule has 0 unspecified atom stereocenters. The Balaban J connectivity index is 1.86. The molecule has 2 heterocycles. The van der Waals surface area contributed by atoms with Crippen molar-refractivity contribution in [3.8, 4) is 5.75 Å². The number of carbonyl (C=O) groups excluding carboxylic acids is 1. The van der Waals surface area contributed by atoms with Crippen LogP contribution in [0.15, 0.2) is 34.2 Å². The molecule has 1 fully saturated rings. The Morgan fingerprint density at radius 1 is 1.40 bits per heavy atom. The summed E-state index contributed by atoms with van der Waals surface area (Å²) in [6.45, 7) is 3.10. The average Bonchev–Trinajstić information content (AvgIpc) is 2.73. The largest absolute Gasteiger partial charge is 0.495 e. The number of rotatable bonds is 6. The Morgan fingerprint density at radius 2 is 2.17 bits per heavy atom. The molecule has 1 aliphatic rings. The first-order valence-corrected chi connectivity index (χ1v) is 11.3. The van der Waals surface area contributed by atoms with E-state index in [4.69, 9.17) is 26.8 Å². The highest BCUT2D eigenvalue weighted by Gasteiger charge is 2.29. The van der Waals surface area contributed by atoms with E-state index < -0.39 is 9.84 Å². The maximum atomic E-state index is 13.0. The first kappa shape index (κ1) is 22.1. The van der Waals surface area contributed by atoms with E-state index in [1.54, 1.807) is 6.92 Å². The molecule has 0 spiro atoms. The van der Waals surface area contributed by atoms with Gasteiger partial charge in [0, 0.05) is 13.1 Å². The van der Waals surface area contributed by atoms with E-state index in [2.05, 4.69) is 9.97 Å². The molecule has 11 heteroatoms. The summed E-state index contributed by atoms with van der Waals surface area (Å²) in [6, 6.07) is 4.13. The van der Waals surface area contributed by atoms with Gasteiger partial charge in [-0.1, -0.05) is 11.6 Å². The maximum Gasteiger partial charge on any atom is 0.310 e. The number of hydrogen-bond acceptors (Lipinski definition) is 9. The molecule has 3 rings (SSSR count). The predicted molar refractivity (Wildman–Crippen MR) is 111 cm³/mol. The number of ether oxygens (including phenoxy) is 2. The van der Waals surface area contributed by atoms with Crippen LogP contribution in [0.3, 0.4) is 0 Å². The molecule has 30 heavy (non-hydrogen) atoms. The molecule has 0 aliphatic carbocycles. The number of aromatic nitrogens is 2. The molecule has 1 atom stereocenters. The van der Waals surface area contributed by atoms with Crippen LogP contribution in [0.25, 0.3) is 0 Å². The molecule has 2 N–H and O–H groups in total. The van der Waals surface area contributed by atoms with E-state index in [-0.39, 0.29) is 38.5 Å². The minimum Gasteiger partial charge on any atom is -0.495 e. The number of methoxy groups -OCH3 is 1. The van der Waals surface area contributed by atoms with Crippen LogP contribution < -0.4 is 15.4 Å². The lowest BCUT2D eigenvalue weighted by Gasteiger charge is -2.31. The number of sulfone groups is 1. The van der Waals surface area contributed by atoms with Crippen molar-refractivity contribution in [3.63, 3.8) is 0 Å². The second kappa shape index (κ2) is 9.05. The van der Waals surface area contributed by atoms with Gasteiger partial charge >= 0.3 is 5.97 Å². The van der Waals surface area contributed by atoms with Crippen LogP contribution in [0, 0.1) is 5.92 Å². The van der Waals surface area contributed by atoms with Crippen molar-refractivity contribution in [2.75, 3.05) is 37.4 Å². The highest BCUT2D eigenvalue weighted by Crippen LogP contribution is 2.32. The zero-order valence-electron chi connectivity index (χ0n) is 16.7. The summed E-state index contributed by atoms with van der Waals surface area (Å²) >= 11 is 6.05. The number of nitrogens with zero attached hydrogens (tertiary/aromatic N) is 3. The summed E-state index contributed by atoms with van der Waals surface area (Å²) in [6.07, 6.45) is 2.66. The Labute approximate surface area is 180 Å². The third-order valence-corrected chi connectivity index (χ3v) is 6.88. The second-order valence-corrected chi connectivity index (χ2v) is 9.08. The molecule has 0 saturated carbocycles. The molecule has 1 aliphatic heterocycles. The number of halogens is 1. The summed E-state index contributed by atoms with van der Waals surface area (Å²) in [4.78, 5) is 22.0. The number of nitrogens with two attached hydrogens (primary N) is 1. The lowest BCUT2D eigenvalue weighted by molar-refractivity contribution is -0.148. The number of benzene rings is 1. The van der Waals surface area contributed by atoms with E-state index in [0.29, 0.717) is 25.4 Å². The number of carbonyl (C=O) groups is 1. The number of anilines is 2. The number of piperidine rings is 1. The number of hydrogen-bond donors (Lipinski definition) is 1. The highest BCUT2D eigenvalue weighted by molar-refractivity contribution is 7.91. The Morgan fingerprint density at radius 3 is 2.80 bits per heavy atom. The van der Waals surface area contributed by atoms with Crippen molar-refractivity contribution < 1.29 is 22.7 Å². The van der Waals surface area contributed by atoms with Gasteiger partial charge in [0.2, 0.25) is 15.8 Å². The Kier molecular flexibility index (Phi) is 6.67. The van der Waals surface area contributed by atoms with Crippen LogP contribution in [0.2, 0.25) is 5.02 Å². The first-order valence-electron chi connectivity index (χ1n) is 9.40. The predicted octanol–water partition coefficient (Wildman–Crippen LogP) is 2.33. The average molecular weight is 455 g/mol. The van der Waals surface area contributed by atoms with Gasteiger partial charge in [0.1, 0.15) is 16.5 Å². The van der Waals surface area contributed by atoms with Crippen LogP contribution in [0.4, 0.5) is 11.8 Å². The van der Waals surface area contributed by atoms with Gasteiger partial charge in [-0.15, -0.1) is 0 Å². The normalized spacial score (nSPS) is 16.9. The summed E-state index contributed by atoms with van der Waals surface area (Å²) in [7, 11) is -2.54. The van der Waals surface area contributed by atoms with Gasteiger partial charge in [0.05, 0.1) is 35.7 Å². The third-order valence-electron chi connectivity index (χ3n) is 4.82. The standard InChI is InChI=1S/C19H23ClN4O5S/c1-3-29-18(25)12-5-4-8-24(11-12)19-22-10-16(17(21)23-19)30(26,27)13-6-7-15(28-2)14(20)9-13/h6-7,9-10,12H,3-5,8,11H2,1-2H3,(H2,21,22,23)/t12-/m0/s1. The molecule has 9 nitrogen and oxygen atoms in total. The van der Waals surface area contributed by atoms with Crippen molar-refractivity contribution in [3.05, 3.63) is 29.4 Å². The van der Waals surface area contributed by atoms with Crippen molar-refractivity contribution in [1.29, 1.82) is 0 Å². The minimum atomic E-state index is -3.98. The molecule has 2 aromatic rings. The molecule has 1 saturated heterocycles. The molecule has 0 radical (unpaired) electrons. The summed E-state index contributed by atoms with van der Waals surface area (Å²) in [5.41, 5.74) is 5.98. The fourth-order valence-corrected chi connectivity index (χ4v) is 4.90. The smallest absolute Gasteiger partial charge is 0.310 e. The fraction of sp³-hybridized carbons (Fsp3) is 0.421. The molecule has 162 valence electrons. The first-order chi connectivity index (χ1) is 14.3. The SMILES string of the molecule is CCOC(=O)[C@H]1CCCN(c2ncc(S(=O)(=O)c3ccc(OC)c(Cl)c3)c(N)n2)C1. The van der Waals surface area contributed by atoms with Crippen LogP contribution in [-0.2, 0) is 19.4 Å². The number of esters is 1. The van der Waals surface area contributed by atoms with E-state index in [1.165, 1.54) is 31.5 Å². The Hall–Kier alpha value is -2.59. The number of nitrogen functional groups attached to an aromatic ring is 1.